The molecule has 3 N–H and O–H groups in total. The van der Waals surface area contributed by atoms with E-state index in [4.69, 9.17) is 10.5 Å². The third kappa shape index (κ3) is 2.07. The Morgan fingerprint density at radius 2 is 1.83 bits per heavy atom. The normalized spacial score (nSPS) is 18.7. The van der Waals surface area contributed by atoms with Gasteiger partial charge in [-0.3, -0.25) is 0 Å². The lowest BCUT2D eigenvalue weighted by molar-refractivity contribution is 0.297. The van der Waals surface area contributed by atoms with Gasteiger partial charge < -0.3 is 15.6 Å². The average Bonchev–Trinajstić information content (AvgIpc) is 2.35. The molecule has 0 bridgehead atoms. The van der Waals surface area contributed by atoms with E-state index >= 15 is 0 Å². The fraction of sp³-hybridized carbons (Fsp3) is 0.600. The molecule has 3 heteroatoms. The second-order valence-electron chi connectivity index (χ2n) is 5.46. The van der Waals surface area contributed by atoms with Crippen LogP contribution in [0.5, 0.6) is 11.5 Å². The first-order valence-electron chi connectivity index (χ1n) is 6.66. The standard InChI is InChI=1S/C15H23NO2/c1-10-9-12(11(2)14(18-3)13(10)17)15(16)7-5-4-6-8-15/h9,17H,4-8,16H2,1-3H3. The summed E-state index contributed by atoms with van der Waals surface area (Å²) < 4.78 is 5.33. The number of nitrogens with two attached hydrogens (primary N) is 1. The molecular formula is C15H23NO2. The Balaban J connectivity index is 2.53. The maximum Gasteiger partial charge on any atom is 0.164 e. The molecule has 1 aliphatic carbocycles. The van der Waals surface area contributed by atoms with Crippen molar-refractivity contribution in [1.82, 2.24) is 0 Å². The Labute approximate surface area is 109 Å². The summed E-state index contributed by atoms with van der Waals surface area (Å²) >= 11 is 0. The van der Waals surface area contributed by atoms with Crippen LogP contribution in [0.2, 0.25) is 0 Å². The summed E-state index contributed by atoms with van der Waals surface area (Å²) in [6, 6.07) is 2.03. The van der Waals surface area contributed by atoms with Gasteiger partial charge in [0.05, 0.1) is 7.11 Å². The van der Waals surface area contributed by atoms with Crippen LogP contribution in [0.4, 0.5) is 0 Å². The van der Waals surface area contributed by atoms with E-state index in [0.717, 1.165) is 29.5 Å². The van der Waals surface area contributed by atoms with Crippen LogP contribution < -0.4 is 10.5 Å². The molecule has 100 valence electrons. The molecule has 0 saturated heterocycles. The molecule has 1 aromatic carbocycles. The Bertz CT molecular complexity index is 448. The number of methoxy groups -OCH3 is 1. The van der Waals surface area contributed by atoms with E-state index in [2.05, 4.69) is 0 Å². The van der Waals surface area contributed by atoms with Crippen molar-refractivity contribution in [2.24, 2.45) is 5.73 Å². The van der Waals surface area contributed by atoms with Crippen molar-refractivity contribution in [2.45, 2.75) is 51.5 Å². The molecule has 0 spiro atoms. The molecule has 3 nitrogen and oxygen atoms in total. The lowest BCUT2D eigenvalue weighted by Crippen LogP contribution is -2.39. The number of ether oxygens (including phenoxy) is 1. The number of phenolic OH excluding ortho intramolecular Hbond substituents is 1. The van der Waals surface area contributed by atoms with Crippen LogP contribution in [0.15, 0.2) is 6.07 Å². The summed E-state index contributed by atoms with van der Waals surface area (Å²) in [5, 5.41) is 10.0. The number of benzene rings is 1. The second-order valence-corrected chi connectivity index (χ2v) is 5.46. The summed E-state index contributed by atoms with van der Waals surface area (Å²) in [7, 11) is 1.59. The molecule has 0 radical (unpaired) electrons. The summed E-state index contributed by atoms with van der Waals surface area (Å²) in [6.45, 7) is 3.88. The summed E-state index contributed by atoms with van der Waals surface area (Å²) in [6.07, 6.45) is 5.66. The third-order valence-electron chi connectivity index (χ3n) is 4.18. The van der Waals surface area contributed by atoms with Crippen molar-refractivity contribution in [1.29, 1.82) is 0 Å². The molecule has 0 aliphatic heterocycles. The highest BCUT2D eigenvalue weighted by Crippen LogP contribution is 2.43. The summed E-state index contributed by atoms with van der Waals surface area (Å²) in [4.78, 5) is 0. The Morgan fingerprint density at radius 3 is 2.39 bits per heavy atom. The largest absolute Gasteiger partial charge is 0.504 e. The average molecular weight is 249 g/mol. The monoisotopic (exact) mass is 249 g/mol. The van der Waals surface area contributed by atoms with Crippen molar-refractivity contribution in [2.75, 3.05) is 7.11 Å². The van der Waals surface area contributed by atoms with Gasteiger partial charge in [0.25, 0.3) is 0 Å². The molecular weight excluding hydrogens is 226 g/mol. The van der Waals surface area contributed by atoms with Crippen LogP contribution in [0.25, 0.3) is 0 Å². The number of hydrogen-bond donors (Lipinski definition) is 2. The smallest absolute Gasteiger partial charge is 0.164 e. The quantitative estimate of drug-likeness (QED) is 0.846. The predicted octanol–water partition coefficient (Wildman–Crippen LogP) is 3.14. The fourth-order valence-electron chi connectivity index (χ4n) is 3.09. The molecule has 18 heavy (non-hydrogen) atoms. The Kier molecular flexibility index (Phi) is 3.53. The molecule has 1 fully saturated rings. The molecule has 2 rings (SSSR count). The maximum atomic E-state index is 10.0. The maximum absolute atomic E-state index is 10.0. The third-order valence-corrected chi connectivity index (χ3v) is 4.18. The van der Waals surface area contributed by atoms with E-state index in [9.17, 15) is 5.11 Å². The minimum Gasteiger partial charge on any atom is -0.504 e. The lowest BCUT2D eigenvalue weighted by Gasteiger charge is -2.36. The number of aromatic hydroxyl groups is 1. The highest BCUT2D eigenvalue weighted by atomic mass is 16.5. The van der Waals surface area contributed by atoms with Crippen molar-refractivity contribution in [3.63, 3.8) is 0 Å². The second kappa shape index (κ2) is 4.81. The van der Waals surface area contributed by atoms with Crippen molar-refractivity contribution < 1.29 is 9.84 Å². The van der Waals surface area contributed by atoms with Crippen LogP contribution >= 0.6 is 0 Å². The van der Waals surface area contributed by atoms with E-state index in [1.165, 1.54) is 19.3 Å². The van der Waals surface area contributed by atoms with E-state index in [0.29, 0.717) is 5.75 Å². The number of aryl methyl sites for hydroxylation is 1. The fourth-order valence-corrected chi connectivity index (χ4v) is 3.09. The molecule has 0 atom stereocenters. The Morgan fingerprint density at radius 1 is 1.22 bits per heavy atom. The lowest BCUT2D eigenvalue weighted by atomic mass is 9.75. The van der Waals surface area contributed by atoms with Crippen LogP contribution in [-0.4, -0.2) is 12.2 Å². The van der Waals surface area contributed by atoms with Crippen LogP contribution in [-0.2, 0) is 5.54 Å². The number of hydrogen-bond acceptors (Lipinski definition) is 3. The molecule has 0 aromatic heterocycles. The zero-order valence-electron chi connectivity index (χ0n) is 11.5. The zero-order chi connectivity index (χ0) is 13.3. The van der Waals surface area contributed by atoms with Crippen LogP contribution in [0.1, 0.15) is 48.8 Å². The summed E-state index contributed by atoms with van der Waals surface area (Å²) in [5.74, 6) is 0.804. The van der Waals surface area contributed by atoms with E-state index < -0.39 is 0 Å². The van der Waals surface area contributed by atoms with Gasteiger partial charge in [-0.15, -0.1) is 0 Å². The van der Waals surface area contributed by atoms with Gasteiger partial charge in [0, 0.05) is 5.54 Å². The first-order valence-corrected chi connectivity index (χ1v) is 6.66. The molecule has 1 saturated carbocycles. The minimum atomic E-state index is -0.256. The van der Waals surface area contributed by atoms with Gasteiger partial charge in [-0.2, -0.15) is 0 Å². The van der Waals surface area contributed by atoms with Gasteiger partial charge in [0.2, 0.25) is 0 Å². The number of rotatable bonds is 2. The predicted molar refractivity (Wildman–Crippen MR) is 73.1 cm³/mol. The molecule has 0 unspecified atom stereocenters. The van der Waals surface area contributed by atoms with Crippen molar-refractivity contribution in [3.8, 4) is 11.5 Å². The van der Waals surface area contributed by atoms with Gasteiger partial charge in [0.1, 0.15) is 0 Å². The van der Waals surface area contributed by atoms with Crippen molar-refractivity contribution in [3.05, 3.63) is 22.8 Å². The topological polar surface area (TPSA) is 55.5 Å². The highest BCUT2D eigenvalue weighted by molar-refractivity contribution is 5.55. The van der Waals surface area contributed by atoms with E-state index in [-0.39, 0.29) is 11.3 Å². The number of phenols is 1. The van der Waals surface area contributed by atoms with E-state index in [1.54, 1.807) is 7.11 Å². The molecule has 1 aliphatic rings. The summed E-state index contributed by atoms with van der Waals surface area (Å²) in [5.41, 5.74) is 9.28. The van der Waals surface area contributed by atoms with Crippen LogP contribution in [0, 0.1) is 13.8 Å². The molecule has 0 amide bonds. The van der Waals surface area contributed by atoms with E-state index in [1.807, 2.05) is 19.9 Å². The first kappa shape index (κ1) is 13.2. The van der Waals surface area contributed by atoms with Gasteiger partial charge >= 0.3 is 0 Å². The van der Waals surface area contributed by atoms with Crippen molar-refractivity contribution >= 4 is 0 Å². The van der Waals surface area contributed by atoms with Gasteiger partial charge in [0.15, 0.2) is 11.5 Å². The zero-order valence-corrected chi connectivity index (χ0v) is 11.5. The van der Waals surface area contributed by atoms with Gasteiger partial charge in [-0.25, -0.2) is 0 Å². The molecule has 1 aromatic rings. The first-order chi connectivity index (χ1) is 8.49. The highest BCUT2D eigenvalue weighted by Gasteiger charge is 2.32. The minimum absolute atomic E-state index is 0.234. The molecule has 0 heterocycles. The van der Waals surface area contributed by atoms with Gasteiger partial charge in [-0.1, -0.05) is 25.3 Å². The SMILES string of the molecule is COc1c(C)c(C2(N)CCCCC2)cc(C)c1O. The van der Waals surface area contributed by atoms with Crippen LogP contribution in [0.3, 0.4) is 0 Å². The van der Waals surface area contributed by atoms with Gasteiger partial charge in [-0.05, 0) is 43.4 Å². The Hall–Kier alpha value is -1.22.